The van der Waals surface area contributed by atoms with Crippen LogP contribution in [-0.4, -0.2) is 41.8 Å². The first-order chi connectivity index (χ1) is 16.0. The second kappa shape index (κ2) is 8.75. The van der Waals surface area contributed by atoms with Crippen LogP contribution in [0.25, 0.3) is 20.7 Å². The first-order valence-corrected chi connectivity index (χ1v) is 11.8. The Labute approximate surface area is 196 Å². The third-order valence-electron chi connectivity index (χ3n) is 6.07. The summed E-state index contributed by atoms with van der Waals surface area (Å²) in [6.07, 6.45) is 2.75. The van der Waals surface area contributed by atoms with E-state index in [-0.39, 0.29) is 11.7 Å². The van der Waals surface area contributed by atoms with Gasteiger partial charge in [0.1, 0.15) is 17.0 Å². The fourth-order valence-electron chi connectivity index (χ4n) is 4.28. The normalized spacial score (nSPS) is 12.7. The van der Waals surface area contributed by atoms with E-state index >= 15 is 0 Å². The number of hydrogen-bond donors (Lipinski definition) is 0. The van der Waals surface area contributed by atoms with Crippen LogP contribution in [-0.2, 0) is 11.2 Å². The van der Waals surface area contributed by atoms with Gasteiger partial charge >= 0.3 is 0 Å². The lowest BCUT2D eigenvalue weighted by atomic mass is 10.1. The van der Waals surface area contributed by atoms with Gasteiger partial charge in [0.15, 0.2) is 5.78 Å². The summed E-state index contributed by atoms with van der Waals surface area (Å²) in [5, 5.41) is 1.000. The van der Waals surface area contributed by atoms with Gasteiger partial charge in [-0.2, -0.15) is 0 Å². The molecule has 0 spiro atoms. The molecule has 2 aromatic carbocycles. The molecule has 0 unspecified atom stereocenters. The minimum Gasteiger partial charge on any atom is -0.359 e. The number of Topliss-reactive ketones (excluding diaryl/α,β-unsaturated/α-hetero) is 1. The Hall–Kier alpha value is -3.58. The lowest BCUT2D eigenvalue weighted by Crippen LogP contribution is -2.32. The van der Waals surface area contributed by atoms with Crippen LogP contribution in [0, 0.1) is 0 Å². The average Bonchev–Trinajstić information content (AvgIpc) is 3.46. The van der Waals surface area contributed by atoms with Crippen molar-refractivity contribution in [3.05, 3.63) is 72.1 Å². The number of nitrogens with zero attached hydrogens (tertiary/aromatic N) is 4. The van der Waals surface area contributed by atoms with E-state index in [0.29, 0.717) is 25.1 Å². The van der Waals surface area contributed by atoms with Crippen LogP contribution in [0.2, 0.25) is 0 Å². The van der Waals surface area contributed by atoms with Crippen molar-refractivity contribution in [3.8, 4) is 10.4 Å². The van der Waals surface area contributed by atoms with Gasteiger partial charge in [0, 0.05) is 42.7 Å². The maximum absolute atomic E-state index is 13.0. The molecule has 3 heterocycles. The number of amides is 1. The van der Waals surface area contributed by atoms with Crippen LogP contribution in [0.1, 0.15) is 29.3 Å². The summed E-state index contributed by atoms with van der Waals surface area (Å²) < 4.78 is 0. The van der Waals surface area contributed by atoms with Crippen molar-refractivity contribution in [2.45, 2.75) is 19.8 Å². The van der Waals surface area contributed by atoms with Crippen molar-refractivity contribution in [1.82, 2.24) is 9.97 Å². The van der Waals surface area contributed by atoms with Crippen LogP contribution in [0.3, 0.4) is 0 Å². The van der Waals surface area contributed by atoms with Crippen molar-refractivity contribution in [2.75, 3.05) is 29.9 Å². The average molecular weight is 457 g/mol. The van der Waals surface area contributed by atoms with E-state index in [0.717, 1.165) is 44.1 Å². The zero-order valence-electron chi connectivity index (χ0n) is 18.6. The molecule has 4 aromatic rings. The van der Waals surface area contributed by atoms with E-state index in [1.165, 1.54) is 0 Å². The highest BCUT2D eigenvalue weighted by atomic mass is 32.1. The molecule has 0 bridgehead atoms. The van der Waals surface area contributed by atoms with Gasteiger partial charge in [-0.3, -0.25) is 9.59 Å². The molecule has 2 aromatic heterocycles. The molecule has 166 valence electrons. The van der Waals surface area contributed by atoms with E-state index in [1.54, 1.807) is 30.7 Å². The van der Waals surface area contributed by atoms with E-state index in [4.69, 9.17) is 0 Å². The zero-order valence-corrected chi connectivity index (χ0v) is 19.4. The van der Waals surface area contributed by atoms with Gasteiger partial charge in [0.05, 0.1) is 5.39 Å². The van der Waals surface area contributed by atoms with Gasteiger partial charge in [0.2, 0.25) is 5.91 Å². The summed E-state index contributed by atoms with van der Waals surface area (Å²) >= 11 is 1.65. The van der Waals surface area contributed by atoms with Crippen LogP contribution >= 0.6 is 11.3 Å². The molecular formula is C26H24N4O2S. The Bertz CT molecular complexity index is 1350. The summed E-state index contributed by atoms with van der Waals surface area (Å²) in [6.45, 7) is 2.77. The smallest absolute Gasteiger partial charge is 0.228 e. The van der Waals surface area contributed by atoms with Crippen molar-refractivity contribution in [3.63, 3.8) is 0 Å². The van der Waals surface area contributed by atoms with E-state index < -0.39 is 0 Å². The first kappa shape index (κ1) is 21.3. The summed E-state index contributed by atoms with van der Waals surface area (Å²) in [6, 6.07) is 18.0. The predicted molar refractivity (Wildman–Crippen MR) is 133 cm³/mol. The molecule has 5 rings (SSSR count). The number of rotatable bonds is 6. The van der Waals surface area contributed by atoms with Crippen LogP contribution in [0.5, 0.6) is 0 Å². The number of thiophene rings is 1. The molecule has 1 aliphatic heterocycles. The van der Waals surface area contributed by atoms with E-state index in [2.05, 4.69) is 28.2 Å². The maximum Gasteiger partial charge on any atom is 0.228 e. The molecule has 0 fully saturated rings. The molecule has 0 aliphatic carbocycles. The molecule has 33 heavy (non-hydrogen) atoms. The minimum atomic E-state index is 0.0456. The second-order valence-corrected chi connectivity index (χ2v) is 9.29. The molecule has 1 aliphatic rings. The number of aromatic nitrogens is 2. The molecule has 6 nitrogen and oxygen atoms in total. The SMILES string of the molecule is CC(=O)c1ccc2c(c1)CCN2C(=O)CCN(C)c1ncnc2sc(-c3ccccc3)cc12. The van der Waals surface area contributed by atoms with Gasteiger partial charge in [0.25, 0.3) is 0 Å². The quantitative estimate of drug-likeness (QED) is 0.383. The lowest BCUT2D eigenvalue weighted by Gasteiger charge is -2.22. The molecular weight excluding hydrogens is 432 g/mol. The largest absolute Gasteiger partial charge is 0.359 e. The fraction of sp³-hybridized carbons (Fsp3) is 0.231. The zero-order chi connectivity index (χ0) is 22.9. The molecule has 0 saturated heterocycles. The van der Waals surface area contributed by atoms with Crippen molar-refractivity contribution >= 4 is 44.7 Å². The Morgan fingerprint density at radius 1 is 1.09 bits per heavy atom. The number of fused-ring (bicyclic) bond motifs is 2. The molecule has 0 saturated carbocycles. The number of ketones is 1. The minimum absolute atomic E-state index is 0.0456. The number of carbonyl (C=O) groups excluding carboxylic acids is 2. The molecule has 1 amide bonds. The number of carbonyl (C=O) groups is 2. The fourth-order valence-corrected chi connectivity index (χ4v) is 5.27. The van der Waals surface area contributed by atoms with Crippen molar-refractivity contribution in [1.29, 1.82) is 0 Å². The highest BCUT2D eigenvalue weighted by Crippen LogP contribution is 2.36. The third-order valence-corrected chi connectivity index (χ3v) is 7.16. The summed E-state index contributed by atoms with van der Waals surface area (Å²) in [7, 11) is 1.96. The maximum atomic E-state index is 13.0. The van der Waals surface area contributed by atoms with Crippen molar-refractivity contribution < 1.29 is 9.59 Å². The lowest BCUT2D eigenvalue weighted by molar-refractivity contribution is -0.118. The van der Waals surface area contributed by atoms with Crippen LogP contribution in [0.15, 0.2) is 60.9 Å². The number of anilines is 2. The summed E-state index contributed by atoms with van der Waals surface area (Å²) in [5.41, 5.74) is 3.84. The Kier molecular flexibility index (Phi) is 5.64. The second-order valence-electron chi connectivity index (χ2n) is 8.26. The third kappa shape index (κ3) is 4.12. The van der Waals surface area contributed by atoms with Crippen LogP contribution < -0.4 is 9.80 Å². The Morgan fingerprint density at radius 2 is 1.91 bits per heavy atom. The first-order valence-electron chi connectivity index (χ1n) is 11.0. The van der Waals surface area contributed by atoms with Gasteiger partial charge in [-0.25, -0.2) is 9.97 Å². The molecule has 0 N–H and O–H groups in total. The highest BCUT2D eigenvalue weighted by molar-refractivity contribution is 7.21. The molecule has 0 radical (unpaired) electrons. The summed E-state index contributed by atoms with van der Waals surface area (Å²) in [4.78, 5) is 39.6. The van der Waals surface area contributed by atoms with E-state index in [9.17, 15) is 9.59 Å². The number of hydrogen-bond acceptors (Lipinski definition) is 6. The highest BCUT2D eigenvalue weighted by Gasteiger charge is 2.25. The standard InChI is InChI=1S/C26H24N4O2S/c1-17(31)19-8-9-22-20(14-19)10-13-30(22)24(32)11-12-29(2)25-21-15-23(18-6-4-3-5-7-18)33-26(21)28-16-27-25/h3-9,14-16H,10-13H2,1-2H3. The van der Waals surface area contributed by atoms with Gasteiger partial charge in [-0.1, -0.05) is 30.3 Å². The van der Waals surface area contributed by atoms with Gasteiger partial charge < -0.3 is 9.80 Å². The summed E-state index contributed by atoms with van der Waals surface area (Å²) in [5.74, 6) is 0.958. The molecule has 0 atom stereocenters. The monoisotopic (exact) mass is 456 g/mol. The van der Waals surface area contributed by atoms with Crippen LogP contribution in [0.4, 0.5) is 11.5 Å². The molecule has 7 heteroatoms. The number of benzene rings is 2. The van der Waals surface area contributed by atoms with Gasteiger partial charge in [-0.05, 0) is 48.7 Å². The Balaban J connectivity index is 1.31. The topological polar surface area (TPSA) is 66.4 Å². The van der Waals surface area contributed by atoms with Crippen molar-refractivity contribution in [2.24, 2.45) is 0 Å². The van der Waals surface area contributed by atoms with Gasteiger partial charge in [-0.15, -0.1) is 11.3 Å². The predicted octanol–water partition coefficient (Wildman–Crippen LogP) is 4.98. The van der Waals surface area contributed by atoms with E-state index in [1.807, 2.05) is 47.2 Å². The Morgan fingerprint density at radius 3 is 2.70 bits per heavy atom.